The van der Waals surface area contributed by atoms with Gasteiger partial charge in [0.25, 0.3) is 0 Å². The van der Waals surface area contributed by atoms with Crippen molar-refractivity contribution in [2.75, 3.05) is 13.2 Å². The Morgan fingerprint density at radius 3 is 2.74 bits per heavy atom. The minimum absolute atomic E-state index is 0.0978. The fraction of sp³-hybridized carbons (Fsp3) is 0.526. The molecule has 1 aromatic heterocycles. The highest BCUT2D eigenvalue weighted by atomic mass is 16.5. The molecule has 2 heterocycles. The van der Waals surface area contributed by atoms with E-state index in [0.717, 1.165) is 24.8 Å². The van der Waals surface area contributed by atoms with Crippen molar-refractivity contribution in [2.45, 2.75) is 46.6 Å². The summed E-state index contributed by atoms with van der Waals surface area (Å²) in [6.45, 7) is 8.42. The fourth-order valence-electron chi connectivity index (χ4n) is 3.49. The zero-order chi connectivity index (χ0) is 16.4. The largest absolute Gasteiger partial charge is 0.381 e. The van der Waals surface area contributed by atoms with Crippen molar-refractivity contribution in [3.05, 3.63) is 34.5 Å². The lowest BCUT2D eigenvalue weighted by molar-refractivity contribution is -0.128. The number of nitrogens with one attached hydrogen (secondary N) is 2. The van der Waals surface area contributed by atoms with E-state index in [1.54, 1.807) is 0 Å². The Bertz CT molecular complexity index is 712. The molecule has 23 heavy (non-hydrogen) atoms. The SMILES string of the molecule is CCc1[nH]c2c(CNC(=O)C3CCOCC3)cc(C)cc2c1C. The maximum absolute atomic E-state index is 12.3. The summed E-state index contributed by atoms with van der Waals surface area (Å²) in [4.78, 5) is 15.9. The number of aryl methyl sites for hydroxylation is 3. The van der Waals surface area contributed by atoms with Crippen molar-refractivity contribution < 1.29 is 9.53 Å². The number of carbonyl (C=O) groups excluding carboxylic acids is 1. The first-order valence-electron chi connectivity index (χ1n) is 8.56. The van der Waals surface area contributed by atoms with Crippen molar-refractivity contribution in [1.82, 2.24) is 10.3 Å². The molecule has 0 saturated carbocycles. The summed E-state index contributed by atoms with van der Waals surface area (Å²) in [7, 11) is 0. The van der Waals surface area contributed by atoms with Gasteiger partial charge in [0.15, 0.2) is 0 Å². The lowest BCUT2D eigenvalue weighted by Crippen LogP contribution is -2.33. The lowest BCUT2D eigenvalue weighted by atomic mass is 9.99. The Hall–Kier alpha value is -1.81. The molecule has 2 N–H and O–H groups in total. The van der Waals surface area contributed by atoms with E-state index in [-0.39, 0.29) is 11.8 Å². The van der Waals surface area contributed by atoms with Crippen LogP contribution in [0.1, 0.15) is 42.1 Å². The highest BCUT2D eigenvalue weighted by molar-refractivity contribution is 5.88. The number of aromatic amines is 1. The van der Waals surface area contributed by atoms with Gasteiger partial charge in [0.05, 0.1) is 5.52 Å². The second kappa shape index (κ2) is 6.75. The molecule has 124 valence electrons. The van der Waals surface area contributed by atoms with Crippen molar-refractivity contribution >= 4 is 16.8 Å². The van der Waals surface area contributed by atoms with Gasteiger partial charge in [0, 0.05) is 36.8 Å². The first-order valence-corrected chi connectivity index (χ1v) is 8.56. The van der Waals surface area contributed by atoms with E-state index in [2.05, 4.69) is 43.2 Å². The Balaban J connectivity index is 1.80. The normalized spacial score (nSPS) is 16.0. The summed E-state index contributed by atoms with van der Waals surface area (Å²) in [5, 5.41) is 4.40. The second-order valence-corrected chi connectivity index (χ2v) is 6.53. The number of amides is 1. The molecule has 0 spiro atoms. The molecule has 0 atom stereocenters. The summed E-state index contributed by atoms with van der Waals surface area (Å²) >= 11 is 0. The van der Waals surface area contributed by atoms with E-state index in [9.17, 15) is 4.79 Å². The molecule has 0 bridgehead atoms. The zero-order valence-electron chi connectivity index (χ0n) is 14.3. The van der Waals surface area contributed by atoms with Crippen LogP contribution in [-0.4, -0.2) is 24.1 Å². The smallest absolute Gasteiger partial charge is 0.223 e. The first kappa shape index (κ1) is 16.1. The lowest BCUT2D eigenvalue weighted by Gasteiger charge is -2.21. The predicted molar refractivity (Wildman–Crippen MR) is 92.5 cm³/mol. The van der Waals surface area contributed by atoms with Crippen LogP contribution in [0, 0.1) is 19.8 Å². The minimum atomic E-state index is 0.0978. The summed E-state index contributed by atoms with van der Waals surface area (Å²) in [5.74, 6) is 0.252. The summed E-state index contributed by atoms with van der Waals surface area (Å²) in [6.07, 6.45) is 2.65. The summed E-state index contributed by atoms with van der Waals surface area (Å²) in [5.41, 5.74) is 6.17. The standard InChI is InChI=1S/C19H26N2O2/c1-4-17-13(3)16-10-12(2)9-15(18(16)21-17)11-20-19(22)14-5-7-23-8-6-14/h9-10,14,21H,4-8,11H2,1-3H3,(H,20,22). The third kappa shape index (κ3) is 3.27. The highest BCUT2D eigenvalue weighted by Crippen LogP contribution is 2.27. The van der Waals surface area contributed by atoms with Crippen LogP contribution >= 0.6 is 0 Å². The van der Waals surface area contributed by atoms with Crippen LogP contribution in [0.25, 0.3) is 10.9 Å². The number of carbonyl (C=O) groups is 1. The molecule has 4 nitrogen and oxygen atoms in total. The molecular weight excluding hydrogens is 288 g/mol. The molecule has 1 fully saturated rings. The number of fused-ring (bicyclic) bond motifs is 1. The zero-order valence-corrected chi connectivity index (χ0v) is 14.3. The molecule has 1 aliphatic heterocycles. The van der Waals surface area contributed by atoms with Crippen molar-refractivity contribution in [1.29, 1.82) is 0 Å². The van der Waals surface area contributed by atoms with Gasteiger partial charge in [-0.2, -0.15) is 0 Å². The number of H-pyrrole nitrogens is 1. The quantitative estimate of drug-likeness (QED) is 0.909. The van der Waals surface area contributed by atoms with Crippen LogP contribution in [0.2, 0.25) is 0 Å². The van der Waals surface area contributed by atoms with E-state index in [1.807, 2.05) is 0 Å². The average Bonchev–Trinajstić information content (AvgIpc) is 2.89. The second-order valence-electron chi connectivity index (χ2n) is 6.53. The maximum atomic E-state index is 12.3. The van der Waals surface area contributed by atoms with Crippen molar-refractivity contribution in [3.63, 3.8) is 0 Å². The number of hydrogen-bond donors (Lipinski definition) is 2. The van der Waals surface area contributed by atoms with Crippen LogP contribution < -0.4 is 5.32 Å². The molecule has 2 aromatic rings. The van der Waals surface area contributed by atoms with Gasteiger partial charge in [0.2, 0.25) is 5.91 Å². The van der Waals surface area contributed by atoms with Crippen LogP contribution in [0.3, 0.4) is 0 Å². The van der Waals surface area contributed by atoms with Crippen LogP contribution in [0.5, 0.6) is 0 Å². The molecule has 1 aromatic carbocycles. The van der Waals surface area contributed by atoms with E-state index < -0.39 is 0 Å². The number of benzene rings is 1. The van der Waals surface area contributed by atoms with Gasteiger partial charge in [-0.1, -0.05) is 18.6 Å². The molecule has 3 rings (SSSR count). The summed E-state index contributed by atoms with van der Waals surface area (Å²) in [6, 6.07) is 4.39. The van der Waals surface area contributed by atoms with Crippen molar-refractivity contribution in [3.8, 4) is 0 Å². The maximum Gasteiger partial charge on any atom is 0.223 e. The Morgan fingerprint density at radius 1 is 1.30 bits per heavy atom. The average molecular weight is 314 g/mol. The van der Waals surface area contributed by atoms with E-state index in [0.29, 0.717) is 19.8 Å². The number of hydrogen-bond acceptors (Lipinski definition) is 2. The first-order chi connectivity index (χ1) is 11.1. The molecule has 1 aliphatic rings. The molecule has 1 saturated heterocycles. The third-order valence-corrected chi connectivity index (χ3v) is 4.90. The van der Waals surface area contributed by atoms with Crippen LogP contribution in [0.15, 0.2) is 12.1 Å². The monoisotopic (exact) mass is 314 g/mol. The van der Waals surface area contributed by atoms with Gasteiger partial charge in [-0.05, 0) is 50.3 Å². The molecular formula is C19H26N2O2. The molecule has 4 heteroatoms. The van der Waals surface area contributed by atoms with Gasteiger partial charge in [0.1, 0.15) is 0 Å². The van der Waals surface area contributed by atoms with Crippen LogP contribution in [0.4, 0.5) is 0 Å². The van der Waals surface area contributed by atoms with Crippen LogP contribution in [-0.2, 0) is 22.5 Å². The van der Waals surface area contributed by atoms with Gasteiger partial charge in [-0.3, -0.25) is 4.79 Å². The van der Waals surface area contributed by atoms with Gasteiger partial charge in [-0.25, -0.2) is 0 Å². The Labute approximate surface area is 137 Å². The molecule has 1 amide bonds. The highest BCUT2D eigenvalue weighted by Gasteiger charge is 2.21. The molecule has 0 unspecified atom stereocenters. The van der Waals surface area contributed by atoms with E-state index in [1.165, 1.54) is 27.8 Å². The fourth-order valence-corrected chi connectivity index (χ4v) is 3.49. The third-order valence-electron chi connectivity index (χ3n) is 4.90. The molecule has 0 radical (unpaired) electrons. The Kier molecular flexibility index (Phi) is 4.71. The predicted octanol–water partition coefficient (Wildman–Crippen LogP) is 3.39. The number of rotatable bonds is 4. The van der Waals surface area contributed by atoms with E-state index in [4.69, 9.17) is 4.74 Å². The van der Waals surface area contributed by atoms with Gasteiger partial charge < -0.3 is 15.0 Å². The van der Waals surface area contributed by atoms with Gasteiger partial charge in [-0.15, -0.1) is 0 Å². The number of aromatic nitrogens is 1. The van der Waals surface area contributed by atoms with Gasteiger partial charge >= 0.3 is 0 Å². The number of ether oxygens (including phenoxy) is 1. The van der Waals surface area contributed by atoms with Crippen molar-refractivity contribution in [2.24, 2.45) is 5.92 Å². The van der Waals surface area contributed by atoms with E-state index >= 15 is 0 Å². The molecule has 0 aliphatic carbocycles. The minimum Gasteiger partial charge on any atom is -0.381 e. The Morgan fingerprint density at radius 2 is 2.04 bits per heavy atom. The topological polar surface area (TPSA) is 54.1 Å². The summed E-state index contributed by atoms with van der Waals surface area (Å²) < 4.78 is 5.33.